The van der Waals surface area contributed by atoms with E-state index in [1.165, 1.54) is 0 Å². The Bertz CT molecular complexity index is 121. The Kier molecular flexibility index (Phi) is 1.97. The van der Waals surface area contributed by atoms with Gasteiger partial charge in [-0.1, -0.05) is 0 Å². The van der Waals surface area contributed by atoms with Crippen LogP contribution >= 0.6 is 0 Å². The van der Waals surface area contributed by atoms with Crippen LogP contribution in [0.15, 0.2) is 0 Å². The van der Waals surface area contributed by atoms with Gasteiger partial charge >= 0.3 is 0 Å². The minimum absolute atomic E-state index is 0.423. The summed E-state index contributed by atoms with van der Waals surface area (Å²) in [5.41, 5.74) is -1.02. The molecule has 0 aliphatic carbocycles. The summed E-state index contributed by atoms with van der Waals surface area (Å²) in [6.45, 7) is 4.44. The number of β-amino-alcohol motifs (C(OH)–C–C–N with tert-alkyl or cyclic N) is 1. The monoisotopic (exact) mass is 147 g/mol. The minimum Gasteiger partial charge on any atom is -0.384 e. The molecule has 10 heavy (non-hydrogen) atoms. The molecule has 0 saturated carbocycles. The van der Waals surface area contributed by atoms with E-state index in [1.807, 2.05) is 18.7 Å². The van der Waals surface area contributed by atoms with Gasteiger partial charge in [0.15, 0.2) is 0 Å². The fraction of sp³-hybridized carbons (Fsp3) is 1.00. The van der Waals surface area contributed by atoms with Crippen LogP contribution in [0, 0.1) is 0 Å². The number of likely N-dealkylation sites (tertiary alicyclic amines) is 1. The highest BCUT2D eigenvalue weighted by molar-refractivity contribution is 4.96. The molecule has 3 heteroatoms. The molecule has 0 amide bonds. The summed E-state index contributed by atoms with van der Waals surface area (Å²) < 4.78 is 12.0. The third-order valence-electron chi connectivity index (χ3n) is 1.97. The zero-order valence-corrected chi connectivity index (χ0v) is 6.47. The van der Waals surface area contributed by atoms with Crippen LogP contribution in [0.1, 0.15) is 13.8 Å². The Morgan fingerprint density at radius 2 is 2.10 bits per heavy atom. The van der Waals surface area contributed by atoms with Gasteiger partial charge in [-0.15, -0.1) is 0 Å². The van der Waals surface area contributed by atoms with Crippen LogP contribution in [0.5, 0.6) is 0 Å². The molecule has 0 spiro atoms. The minimum atomic E-state index is -1.02. The van der Waals surface area contributed by atoms with Crippen molar-refractivity contribution in [2.45, 2.75) is 25.5 Å². The molecule has 2 nitrogen and oxygen atoms in total. The topological polar surface area (TPSA) is 23.5 Å². The summed E-state index contributed by atoms with van der Waals surface area (Å²) in [6.07, 6.45) is 0. The molecule has 1 saturated heterocycles. The third kappa shape index (κ3) is 1.30. The number of nitrogens with zero attached hydrogens (tertiary/aromatic N) is 1. The first kappa shape index (κ1) is 7.95. The van der Waals surface area contributed by atoms with Crippen molar-refractivity contribution in [3.05, 3.63) is 0 Å². The van der Waals surface area contributed by atoms with E-state index >= 15 is 0 Å². The fourth-order valence-corrected chi connectivity index (χ4v) is 1.16. The van der Waals surface area contributed by atoms with E-state index in [0.29, 0.717) is 19.1 Å². The second-order valence-corrected chi connectivity index (χ2v) is 3.36. The number of hydrogen-bond donors (Lipinski definition) is 1. The van der Waals surface area contributed by atoms with Crippen molar-refractivity contribution in [2.24, 2.45) is 0 Å². The largest absolute Gasteiger partial charge is 0.384 e. The van der Waals surface area contributed by atoms with E-state index in [1.54, 1.807) is 0 Å². The molecule has 1 N–H and O–H groups in total. The van der Waals surface area contributed by atoms with Gasteiger partial charge in [0.2, 0.25) is 0 Å². The zero-order valence-electron chi connectivity index (χ0n) is 6.47. The van der Waals surface area contributed by atoms with E-state index in [4.69, 9.17) is 0 Å². The quantitative estimate of drug-likeness (QED) is 0.611. The molecule has 1 rings (SSSR count). The molecule has 60 valence electrons. The Balaban J connectivity index is 2.29. The van der Waals surface area contributed by atoms with E-state index in [2.05, 4.69) is 0 Å². The van der Waals surface area contributed by atoms with Crippen LogP contribution < -0.4 is 0 Å². The Morgan fingerprint density at radius 3 is 2.40 bits per heavy atom. The third-order valence-corrected chi connectivity index (χ3v) is 1.97. The Labute approximate surface area is 60.6 Å². The molecular weight excluding hydrogens is 133 g/mol. The van der Waals surface area contributed by atoms with Crippen molar-refractivity contribution in [1.82, 2.24) is 4.90 Å². The van der Waals surface area contributed by atoms with Crippen molar-refractivity contribution < 1.29 is 9.50 Å². The van der Waals surface area contributed by atoms with Gasteiger partial charge in [-0.2, -0.15) is 0 Å². The highest BCUT2D eigenvalue weighted by atomic mass is 19.1. The van der Waals surface area contributed by atoms with Crippen molar-refractivity contribution in [3.8, 4) is 0 Å². The number of hydrogen-bond acceptors (Lipinski definition) is 2. The number of rotatable bonds is 2. The molecule has 1 heterocycles. The molecule has 0 aromatic carbocycles. The first-order valence-electron chi connectivity index (χ1n) is 3.60. The van der Waals surface area contributed by atoms with Crippen LogP contribution in [0.3, 0.4) is 0 Å². The van der Waals surface area contributed by atoms with E-state index in [9.17, 15) is 9.50 Å². The van der Waals surface area contributed by atoms with Gasteiger partial charge in [-0.05, 0) is 13.8 Å². The fourth-order valence-electron chi connectivity index (χ4n) is 1.16. The smallest absolute Gasteiger partial charge is 0.121 e. The Hall–Kier alpha value is -0.150. The van der Waals surface area contributed by atoms with Crippen molar-refractivity contribution in [3.63, 3.8) is 0 Å². The van der Waals surface area contributed by atoms with Crippen LogP contribution in [-0.2, 0) is 0 Å². The lowest BCUT2D eigenvalue weighted by Gasteiger charge is -2.47. The maximum absolute atomic E-state index is 12.0. The van der Waals surface area contributed by atoms with Gasteiger partial charge in [-0.3, -0.25) is 4.90 Å². The predicted octanol–water partition coefficient (Wildman–Crippen LogP) is 0.411. The van der Waals surface area contributed by atoms with Crippen molar-refractivity contribution >= 4 is 0 Å². The second kappa shape index (κ2) is 2.47. The maximum atomic E-state index is 12.0. The molecule has 0 bridgehead atoms. The van der Waals surface area contributed by atoms with Gasteiger partial charge < -0.3 is 5.11 Å². The van der Waals surface area contributed by atoms with E-state index in [-0.39, 0.29) is 0 Å². The lowest BCUT2D eigenvalue weighted by Crippen LogP contribution is -2.64. The average Bonchev–Trinajstić information content (AvgIpc) is 1.80. The van der Waals surface area contributed by atoms with Crippen LogP contribution in [-0.4, -0.2) is 41.4 Å². The summed E-state index contributed by atoms with van der Waals surface area (Å²) in [5, 5.41) is 9.22. The van der Waals surface area contributed by atoms with Crippen molar-refractivity contribution in [1.29, 1.82) is 0 Å². The highest BCUT2D eigenvalue weighted by Gasteiger charge is 2.41. The number of aliphatic hydroxyl groups is 1. The standard InChI is InChI=1S/C7H14FNO/c1-6(2)9-4-7(10,3-8)5-9/h6,10H,3-5H2,1-2H3. The SMILES string of the molecule is CC(C)N1CC(O)(CF)C1. The van der Waals surface area contributed by atoms with Crippen molar-refractivity contribution in [2.75, 3.05) is 19.8 Å². The highest BCUT2D eigenvalue weighted by Crippen LogP contribution is 2.22. The first-order valence-corrected chi connectivity index (χ1v) is 3.60. The lowest BCUT2D eigenvalue weighted by atomic mass is 9.94. The van der Waals surface area contributed by atoms with Gasteiger partial charge in [0.1, 0.15) is 12.3 Å². The van der Waals surface area contributed by atoms with Gasteiger partial charge in [0, 0.05) is 19.1 Å². The first-order chi connectivity index (χ1) is 4.57. The molecule has 1 aliphatic heterocycles. The summed E-state index contributed by atoms with van der Waals surface area (Å²) in [4.78, 5) is 2.04. The lowest BCUT2D eigenvalue weighted by molar-refractivity contribution is -0.121. The summed E-state index contributed by atoms with van der Waals surface area (Å²) >= 11 is 0. The van der Waals surface area contributed by atoms with E-state index < -0.39 is 12.3 Å². The average molecular weight is 147 g/mol. The van der Waals surface area contributed by atoms with Crippen LogP contribution in [0.4, 0.5) is 4.39 Å². The summed E-state index contributed by atoms with van der Waals surface area (Å²) in [5.74, 6) is 0. The normalized spacial score (nSPS) is 24.9. The second-order valence-electron chi connectivity index (χ2n) is 3.36. The summed E-state index contributed by atoms with van der Waals surface area (Å²) in [6, 6.07) is 0.423. The maximum Gasteiger partial charge on any atom is 0.121 e. The number of halogens is 1. The molecular formula is C7H14FNO. The Morgan fingerprint density at radius 1 is 1.60 bits per heavy atom. The van der Waals surface area contributed by atoms with Gasteiger partial charge in [-0.25, -0.2) is 4.39 Å². The molecule has 1 aliphatic rings. The van der Waals surface area contributed by atoms with Gasteiger partial charge in [0.05, 0.1) is 0 Å². The molecule has 0 radical (unpaired) electrons. The summed E-state index contributed by atoms with van der Waals surface area (Å²) in [7, 11) is 0. The zero-order chi connectivity index (χ0) is 7.78. The van der Waals surface area contributed by atoms with Crippen LogP contribution in [0.25, 0.3) is 0 Å². The van der Waals surface area contributed by atoms with E-state index in [0.717, 1.165) is 0 Å². The predicted molar refractivity (Wildman–Crippen MR) is 37.6 cm³/mol. The molecule has 1 fully saturated rings. The molecule has 0 aromatic rings. The number of alkyl halides is 1. The van der Waals surface area contributed by atoms with Crippen LogP contribution in [0.2, 0.25) is 0 Å². The molecule has 0 atom stereocenters. The molecule has 0 aromatic heterocycles. The van der Waals surface area contributed by atoms with Gasteiger partial charge in [0.25, 0.3) is 0 Å². The molecule has 0 unspecified atom stereocenters.